The highest BCUT2D eigenvalue weighted by Crippen LogP contribution is 2.46. The van der Waals surface area contributed by atoms with Gasteiger partial charge in [0.05, 0.1) is 21.2 Å². The van der Waals surface area contributed by atoms with E-state index in [1.54, 1.807) is 0 Å². The van der Waals surface area contributed by atoms with Gasteiger partial charge >= 0.3 is 0 Å². The van der Waals surface area contributed by atoms with E-state index < -0.39 is 9.84 Å². The summed E-state index contributed by atoms with van der Waals surface area (Å²) in [6, 6.07) is 11.7. The molecule has 0 atom stereocenters. The monoisotopic (exact) mass is 371 g/mol. The van der Waals surface area contributed by atoms with Gasteiger partial charge in [0.1, 0.15) is 0 Å². The molecule has 140 valence electrons. The van der Waals surface area contributed by atoms with Gasteiger partial charge in [-0.25, -0.2) is 8.42 Å². The molecule has 0 saturated carbocycles. The van der Waals surface area contributed by atoms with Crippen LogP contribution in [0.1, 0.15) is 59.6 Å². The average molecular weight is 372 g/mol. The summed E-state index contributed by atoms with van der Waals surface area (Å²) in [6.45, 7) is 15.4. The van der Waals surface area contributed by atoms with Crippen molar-refractivity contribution in [1.82, 2.24) is 0 Å². The van der Waals surface area contributed by atoms with Gasteiger partial charge in [0.2, 0.25) is 9.84 Å². The molecule has 3 nitrogen and oxygen atoms in total. The van der Waals surface area contributed by atoms with E-state index in [2.05, 4.69) is 53.4 Å². The van der Waals surface area contributed by atoms with Crippen molar-refractivity contribution in [3.63, 3.8) is 0 Å². The summed E-state index contributed by atoms with van der Waals surface area (Å²) in [7, 11) is -3.55. The average Bonchev–Trinajstić information content (AvgIpc) is 2.53. The topological polar surface area (TPSA) is 37.4 Å². The molecule has 4 heteroatoms. The van der Waals surface area contributed by atoms with Gasteiger partial charge in [-0.05, 0) is 53.1 Å². The second-order valence-corrected chi connectivity index (χ2v) is 11.0. The van der Waals surface area contributed by atoms with E-state index in [1.807, 2.05) is 36.4 Å². The zero-order valence-corrected chi connectivity index (χ0v) is 17.7. The molecule has 0 radical (unpaired) electrons. The molecule has 2 aromatic carbocycles. The van der Waals surface area contributed by atoms with E-state index in [0.29, 0.717) is 9.79 Å². The fourth-order valence-electron chi connectivity index (χ4n) is 3.43. The van der Waals surface area contributed by atoms with Crippen molar-refractivity contribution in [3.8, 4) is 0 Å². The fraction of sp³-hybridized carbons (Fsp3) is 0.455. The Hall–Kier alpha value is -1.81. The molecule has 0 aromatic heterocycles. The Morgan fingerprint density at radius 1 is 0.769 bits per heavy atom. The Bertz CT molecular complexity index is 889. The maximum Gasteiger partial charge on any atom is 0.210 e. The normalized spacial score (nSPS) is 16.2. The first-order valence-corrected chi connectivity index (χ1v) is 10.7. The highest BCUT2D eigenvalue weighted by Gasteiger charge is 2.35. The summed E-state index contributed by atoms with van der Waals surface area (Å²) in [5, 5.41) is 0. The number of rotatable bonds is 1. The fourth-order valence-corrected chi connectivity index (χ4v) is 5.13. The van der Waals surface area contributed by atoms with Gasteiger partial charge in [0, 0.05) is 6.54 Å². The Kier molecular flexibility index (Phi) is 4.27. The summed E-state index contributed by atoms with van der Waals surface area (Å²) >= 11 is 0. The molecule has 0 spiro atoms. The molecule has 0 fully saturated rings. The van der Waals surface area contributed by atoms with Crippen molar-refractivity contribution in [2.24, 2.45) is 0 Å². The van der Waals surface area contributed by atoms with Crippen LogP contribution in [0.3, 0.4) is 0 Å². The van der Waals surface area contributed by atoms with E-state index >= 15 is 0 Å². The standard InChI is InChI=1S/C22H29NO2S/c1-8-23-17-11-9-15(21(2,3)4)13-19(17)26(24,25)20-14-16(22(5,6)7)10-12-18(20)23/h9-14H,8H2,1-7H3. The van der Waals surface area contributed by atoms with Crippen LogP contribution in [0, 0.1) is 0 Å². The first kappa shape index (κ1) is 19.0. The molecule has 1 aliphatic rings. The van der Waals surface area contributed by atoms with Crippen LogP contribution in [-0.4, -0.2) is 15.0 Å². The second-order valence-electron chi connectivity index (χ2n) is 9.11. The summed E-state index contributed by atoms with van der Waals surface area (Å²) in [5.74, 6) is 0. The van der Waals surface area contributed by atoms with Gasteiger partial charge < -0.3 is 4.90 Å². The van der Waals surface area contributed by atoms with Crippen LogP contribution < -0.4 is 4.90 Å². The smallest absolute Gasteiger partial charge is 0.210 e. The van der Waals surface area contributed by atoms with Crippen LogP contribution in [0.5, 0.6) is 0 Å². The third-order valence-corrected chi connectivity index (χ3v) is 6.94. The Balaban J connectivity index is 2.31. The Labute approximate surface area is 158 Å². The minimum atomic E-state index is -3.55. The van der Waals surface area contributed by atoms with Crippen molar-refractivity contribution in [3.05, 3.63) is 47.5 Å². The second kappa shape index (κ2) is 5.85. The maximum absolute atomic E-state index is 13.5. The predicted octanol–water partition coefficient (Wildman–Crippen LogP) is 5.59. The molecule has 0 amide bonds. The zero-order valence-electron chi connectivity index (χ0n) is 16.8. The van der Waals surface area contributed by atoms with E-state index in [0.717, 1.165) is 29.0 Å². The highest BCUT2D eigenvalue weighted by atomic mass is 32.2. The number of hydrogen-bond donors (Lipinski definition) is 0. The number of nitrogens with zero attached hydrogens (tertiary/aromatic N) is 1. The summed E-state index contributed by atoms with van der Waals surface area (Å²) in [4.78, 5) is 2.94. The number of benzene rings is 2. The third-order valence-electron chi connectivity index (χ3n) is 5.13. The molecule has 2 aromatic rings. The van der Waals surface area contributed by atoms with Crippen molar-refractivity contribution >= 4 is 21.2 Å². The molecular weight excluding hydrogens is 342 g/mol. The molecule has 3 rings (SSSR count). The highest BCUT2D eigenvalue weighted by molar-refractivity contribution is 7.92. The number of hydrogen-bond acceptors (Lipinski definition) is 3. The first-order valence-electron chi connectivity index (χ1n) is 9.19. The third kappa shape index (κ3) is 2.94. The number of sulfone groups is 1. The van der Waals surface area contributed by atoms with Crippen LogP contribution in [0.2, 0.25) is 0 Å². The van der Waals surface area contributed by atoms with Gasteiger partial charge in [0.15, 0.2) is 0 Å². The van der Waals surface area contributed by atoms with Gasteiger partial charge in [-0.15, -0.1) is 0 Å². The van der Waals surface area contributed by atoms with Crippen LogP contribution in [0.4, 0.5) is 11.4 Å². The first-order chi connectivity index (χ1) is 11.9. The minimum Gasteiger partial charge on any atom is -0.340 e. The SMILES string of the molecule is CCN1c2ccc(C(C)(C)C)cc2S(=O)(=O)c2cc(C(C)(C)C)ccc21. The summed E-state index contributed by atoms with van der Waals surface area (Å²) < 4.78 is 27.0. The quantitative estimate of drug-likeness (QED) is 0.656. The largest absolute Gasteiger partial charge is 0.340 e. The van der Waals surface area contributed by atoms with Gasteiger partial charge in [-0.3, -0.25) is 0 Å². The molecule has 0 saturated heterocycles. The van der Waals surface area contributed by atoms with E-state index in [-0.39, 0.29) is 10.8 Å². The number of anilines is 2. The van der Waals surface area contributed by atoms with Crippen molar-refractivity contribution in [2.45, 2.75) is 69.1 Å². The van der Waals surface area contributed by atoms with E-state index in [4.69, 9.17) is 0 Å². The number of fused-ring (bicyclic) bond motifs is 2. The predicted molar refractivity (Wildman–Crippen MR) is 108 cm³/mol. The molecule has 0 N–H and O–H groups in total. The van der Waals surface area contributed by atoms with Gasteiger partial charge in [-0.1, -0.05) is 53.7 Å². The minimum absolute atomic E-state index is 0.102. The lowest BCUT2D eigenvalue weighted by molar-refractivity contribution is 0.578. The van der Waals surface area contributed by atoms with Gasteiger partial charge in [-0.2, -0.15) is 0 Å². The zero-order chi connectivity index (χ0) is 19.5. The van der Waals surface area contributed by atoms with Crippen molar-refractivity contribution in [1.29, 1.82) is 0 Å². The molecular formula is C22H29NO2S. The molecule has 26 heavy (non-hydrogen) atoms. The Morgan fingerprint density at radius 3 is 1.46 bits per heavy atom. The molecule has 0 unspecified atom stereocenters. The lowest BCUT2D eigenvalue weighted by atomic mass is 9.86. The van der Waals surface area contributed by atoms with Crippen LogP contribution >= 0.6 is 0 Å². The summed E-state index contributed by atoms with van der Waals surface area (Å²) in [5.41, 5.74) is 3.41. The molecule has 0 aliphatic carbocycles. The van der Waals surface area contributed by atoms with Crippen LogP contribution in [0.15, 0.2) is 46.2 Å². The van der Waals surface area contributed by atoms with E-state index in [9.17, 15) is 8.42 Å². The lowest BCUT2D eigenvalue weighted by Crippen LogP contribution is -2.27. The Morgan fingerprint density at radius 2 is 1.15 bits per heavy atom. The molecule has 1 heterocycles. The molecule has 0 bridgehead atoms. The lowest BCUT2D eigenvalue weighted by Gasteiger charge is -2.34. The van der Waals surface area contributed by atoms with Crippen molar-refractivity contribution < 1.29 is 8.42 Å². The van der Waals surface area contributed by atoms with Crippen LogP contribution in [0.25, 0.3) is 0 Å². The van der Waals surface area contributed by atoms with E-state index in [1.165, 1.54) is 0 Å². The summed E-state index contributed by atoms with van der Waals surface area (Å²) in [6.07, 6.45) is 0. The van der Waals surface area contributed by atoms with Crippen molar-refractivity contribution in [2.75, 3.05) is 11.4 Å². The molecule has 1 aliphatic heterocycles. The van der Waals surface area contributed by atoms with Gasteiger partial charge in [0.25, 0.3) is 0 Å². The maximum atomic E-state index is 13.5. The van der Waals surface area contributed by atoms with Crippen LogP contribution in [-0.2, 0) is 20.7 Å².